The lowest BCUT2D eigenvalue weighted by atomic mass is 10.3. The molecule has 8 heteroatoms. The molecule has 1 aliphatic heterocycles. The Morgan fingerprint density at radius 3 is 2.62 bits per heavy atom. The van der Waals surface area contributed by atoms with Crippen LogP contribution in [0.5, 0.6) is 0 Å². The van der Waals surface area contributed by atoms with Crippen LogP contribution in [0.25, 0.3) is 0 Å². The Morgan fingerprint density at radius 2 is 1.95 bits per heavy atom. The van der Waals surface area contributed by atoms with Crippen LogP contribution >= 0.6 is 11.5 Å². The quantitative estimate of drug-likeness (QED) is 0.879. The third-order valence-corrected chi connectivity index (χ3v) is 4.20. The van der Waals surface area contributed by atoms with Crippen molar-refractivity contribution in [1.82, 2.24) is 24.2 Å². The average molecular weight is 305 g/mol. The predicted molar refractivity (Wildman–Crippen MR) is 83.8 cm³/mol. The van der Waals surface area contributed by atoms with Crippen molar-refractivity contribution in [3.63, 3.8) is 0 Å². The molecule has 21 heavy (non-hydrogen) atoms. The summed E-state index contributed by atoms with van der Waals surface area (Å²) in [4.78, 5) is 17.6. The van der Waals surface area contributed by atoms with Crippen LogP contribution in [0.1, 0.15) is 5.82 Å². The van der Waals surface area contributed by atoms with E-state index in [1.165, 1.54) is 11.5 Å². The Kier molecular flexibility index (Phi) is 4.56. The maximum absolute atomic E-state index is 4.30. The van der Waals surface area contributed by atoms with Crippen LogP contribution < -0.4 is 10.2 Å². The lowest BCUT2D eigenvalue weighted by molar-refractivity contribution is 0.266. The molecule has 1 aliphatic rings. The van der Waals surface area contributed by atoms with E-state index >= 15 is 0 Å². The monoisotopic (exact) mass is 305 g/mol. The molecule has 0 amide bonds. The molecule has 0 atom stereocenters. The van der Waals surface area contributed by atoms with Gasteiger partial charge in [-0.1, -0.05) is 0 Å². The van der Waals surface area contributed by atoms with E-state index in [0.29, 0.717) is 0 Å². The summed E-state index contributed by atoms with van der Waals surface area (Å²) in [5.74, 6) is 1.67. The first-order chi connectivity index (χ1) is 10.3. The minimum Gasteiger partial charge on any atom is -0.359 e. The van der Waals surface area contributed by atoms with Gasteiger partial charge in [0.15, 0.2) is 0 Å². The standard InChI is InChI=1S/C13H19N7S/c1-11-17-13(21-18-11)16-5-6-19-7-9-20(10-8-19)12-14-3-2-4-15-12/h2-4H,5-10H2,1H3,(H,16,17,18). The van der Waals surface area contributed by atoms with E-state index in [2.05, 4.69) is 34.4 Å². The molecule has 2 aromatic heterocycles. The largest absolute Gasteiger partial charge is 0.359 e. The van der Waals surface area contributed by atoms with Crippen LogP contribution in [0.4, 0.5) is 11.1 Å². The summed E-state index contributed by atoms with van der Waals surface area (Å²) in [6.07, 6.45) is 3.59. The summed E-state index contributed by atoms with van der Waals surface area (Å²) in [5.41, 5.74) is 0. The Labute approximate surface area is 128 Å². The Morgan fingerprint density at radius 1 is 1.19 bits per heavy atom. The van der Waals surface area contributed by atoms with E-state index in [4.69, 9.17) is 0 Å². The molecular weight excluding hydrogens is 286 g/mol. The average Bonchev–Trinajstić information content (AvgIpc) is 2.94. The number of anilines is 2. The predicted octanol–water partition coefficient (Wildman–Crippen LogP) is 0.871. The fourth-order valence-electron chi connectivity index (χ4n) is 2.32. The molecule has 1 fully saturated rings. The highest BCUT2D eigenvalue weighted by Gasteiger charge is 2.18. The van der Waals surface area contributed by atoms with Gasteiger partial charge in [0, 0.05) is 63.2 Å². The van der Waals surface area contributed by atoms with Crippen LogP contribution in [0.2, 0.25) is 0 Å². The molecule has 0 aliphatic carbocycles. The summed E-state index contributed by atoms with van der Waals surface area (Å²) in [6, 6.07) is 1.85. The Hall–Kier alpha value is -1.80. The highest BCUT2D eigenvalue weighted by Crippen LogP contribution is 2.11. The fourth-order valence-corrected chi connectivity index (χ4v) is 2.91. The van der Waals surface area contributed by atoms with Gasteiger partial charge in [-0.3, -0.25) is 4.90 Å². The second-order valence-electron chi connectivity index (χ2n) is 4.95. The van der Waals surface area contributed by atoms with E-state index in [0.717, 1.165) is 56.2 Å². The molecule has 1 N–H and O–H groups in total. The molecule has 0 unspecified atom stereocenters. The summed E-state index contributed by atoms with van der Waals surface area (Å²) in [5, 5.41) is 4.23. The van der Waals surface area contributed by atoms with Crippen molar-refractivity contribution in [2.45, 2.75) is 6.92 Å². The molecule has 3 heterocycles. The van der Waals surface area contributed by atoms with Gasteiger partial charge in [0.25, 0.3) is 0 Å². The van der Waals surface area contributed by atoms with Crippen molar-refractivity contribution in [3.05, 3.63) is 24.3 Å². The lowest BCUT2D eigenvalue weighted by Crippen LogP contribution is -2.48. The van der Waals surface area contributed by atoms with Gasteiger partial charge in [0.2, 0.25) is 11.1 Å². The first-order valence-electron chi connectivity index (χ1n) is 7.10. The van der Waals surface area contributed by atoms with E-state index < -0.39 is 0 Å². The van der Waals surface area contributed by atoms with Gasteiger partial charge < -0.3 is 10.2 Å². The molecule has 7 nitrogen and oxygen atoms in total. The molecule has 0 saturated carbocycles. The first-order valence-corrected chi connectivity index (χ1v) is 7.87. The van der Waals surface area contributed by atoms with Crippen LogP contribution in [-0.4, -0.2) is 63.5 Å². The van der Waals surface area contributed by atoms with Crippen molar-refractivity contribution >= 4 is 22.6 Å². The van der Waals surface area contributed by atoms with Crippen molar-refractivity contribution in [3.8, 4) is 0 Å². The van der Waals surface area contributed by atoms with E-state index in [1.54, 1.807) is 12.4 Å². The molecular formula is C13H19N7S. The minimum absolute atomic E-state index is 0.832. The van der Waals surface area contributed by atoms with E-state index in [9.17, 15) is 0 Å². The normalized spacial score (nSPS) is 16.1. The zero-order valence-electron chi connectivity index (χ0n) is 12.1. The summed E-state index contributed by atoms with van der Waals surface area (Å²) in [6.45, 7) is 7.85. The molecule has 0 spiro atoms. The zero-order valence-corrected chi connectivity index (χ0v) is 12.9. The number of piperazine rings is 1. The maximum atomic E-state index is 4.30. The SMILES string of the molecule is Cc1nsc(NCCN2CCN(c3ncccn3)CC2)n1. The number of nitrogens with one attached hydrogen (secondary N) is 1. The smallest absolute Gasteiger partial charge is 0.225 e. The highest BCUT2D eigenvalue weighted by atomic mass is 32.1. The van der Waals surface area contributed by atoms with Crippen molar-refractivity contribution in [1.29, 1.82) is 0 Å². The van der Waals surface area contributed by atoms with Crippen LogP contribution in [0, 0.1) is 6.92 Å². The van der Waals surface area contributed by atoms with Crippen LogP contribution in [0.15, 0.2) is 18.5 Å². The number of rotatable bonds is 5. The van der Waals surface area contributed by atoms with Gasteiger partial charge in [-0.15, -0.1) is 0 Å². The van der Waals surface area contributed by atoms with Crippen molar-refractivity contribution in [2.24, 2.45) is 0 Å². The second-order valence-corrected chi connectivity index (χ2v) is 5.70. The Bertz CT molecular complexity index is 551. The van der Waals surface area contributed by atoms with Gasteiger partial charge in [-0.2, -0.15) is 4.37 Å². The van der Waals surface area contributed by atoms with Gasteiger partial charge in [0.1, 0.15) is 5.82 Å². The highest BCUT2D eigenvalue weighted by molar-refractivity contribution is 7.09. The molecule has 112 valence electrons. The second kappa shape index (κ2) is 6.77. The van der Waals surface area contributed by atoms with Gasteiger partial charge >= 0.3 is 0 Å². The fraction of sp³-hybridized carbons (Fsp3) is 0.538. The van der Waals surface area contributed by atoms with E-state index in [-0.39, 0.29) is 0 Å². The molecule has 3 rings (SSSR count). The lowest BCUT2D eigenvalue weighted by Gasteiger charge is -2.34. The van der Waals surface area contributed by atoms with Gasteiger partial charge in [-0.05, 0) is 13.0 Å². The van der Waals surface area contributed by atoms with E-state index in [1.807, 2.05) is 13.0 Å². The third-order valence-electron chi connectivity index (χ3n) is 3.44. The summed E-state index contributed by atoms with van der Waals surface area (Å²) < 4.78 is 4.16. The maximum Gasteiger partial charge on any atom is 0.225 e. The number of aryl methyl sites for hydroxylation is 1. The number of hydrogen-bond acceptors (Lipinski definition) is 8. The first kappa shape index (κ1) is 14.2. The van der Waals surface area contributed by atoms with Gasteiger partial charge in [0.05, 0.1) is 0 Å². The van der Waals surface area contributed by atoms with Crippen LogP contribution in [0.3, 0.4) is 0 Å². The number of hydrogen-bond donors (Lipinski definition) is 1. The number of nitrogens with zero attached hydrogens (tertiary/aromatic N) is 6. The number of aromatic nitrogens is 4. The van der Waals surface area contributed by atoms with Crippen molar-refractivity contribution in [2.75, 3.05) is 49.5 Å². The van der Waals surface area contributed by atoms with Crippen molar-refractivity contribution < 1.29 is 0 Å². The minimum atomic E-state index is 0.832. The molecule has 0 radical (unpaired) electrons. The van der Waals surface area contributed by atoms with Gasteiger partial charge in [-0.25, -0.2) is 15.0 Å². The third kappa shape index (κ3) is 3.85. The van der Waals surface area contributed by atoms with Crippen LogP contribution in [-0.2, 0) is 0 Å². The Balaban J connectivity index is 1.40. The summed E-state index contributed by atoms with van der Waals surface area (Å²) >= 11 is 1.42. The topological polar surface area (TPSA) is 70.1 Å². The summed E-state index contributed by atoms with van der Waals surface area (Å²) in [7, 11) is 0. The molecule has 1 saturated heterocycles. The molecule has 2 aromatic rings. The zero-order chi connectivity index (χ0) is 14.5. The molecule has 0 bridgehead atoms. The molecule has 0 aromatic carbocycles.